The smallest absolute Gasteiger partial charge is 0.306 e. The molecule has 1 N–H and O–H groups in total. The third-order valence-corrected chi connectivity index (χ3v) is 7.54. The molecule has 6 heteroatoms. The van der Waals surface area contributed by atoms with E-state index in [1.165, 1.54) is 11.1 Å². The molecular formula is C29H27ClN4O. The summed E-state index contributed by atoms with van der Waals surface area (Å²) in [4.78, 5) is 22.9. The SMILES string of the molecule is O=c1[nH]c2cc(Cl)ccc2c2ncc(CN3CCC(C(c4ccccc4)c4ccccc4)CC3)n12. The number of piperidine rings is 1. The van der Waals surface area contributed by atoms with Crippen LogP contribution in [0.25, 0.3) is 16.6 Å². The zero-order valence-corrected chi connectivity index (χ0v) is 20.2. The van der Waals surface area contributed by atoms with Gasteiger partial charge >= 0.3 is 5.69 Å². The zero-order valence-electron chi connectivity index (χ0n) is 19.4. The van der Waals surface area contributed by atoms with Crippen LogP contribution in [0.4, 0.5) is 0 Å². The molecule has 0 atom stereocenters. The topological polar surface area (TPSA) is 53.4 Å². The number of benzene rings is 3. The van der Waals surface area contributed by atoms with Crippen molar-refractivity contribution in [1.29, 1.82) is 0 Å². The van der Waals surface area contributed by atoms with Crippen molar-refractivity contribution in [3.8, 4) is 0 Å². The van der Waals surface area contributed by atoms with Gasteiger partial charge in [-0.25, -0.2) is 14.2 Å². The van der Waals surface area contributed by atoms with Gasteiger partial charge in [-0.2, -0.15) is 0 Å². The summed E-state index contributed by atoms with van der Waals surface area (Å²) in [6.45, 7) is 2.70. The van der Waals surface area contributed by atoms with Gasteiger partial charge < -0.3 is 4.98 Å². The molecule has 3 aromatic carbocycles. The molecule has 1 aliphatic heterocycles. The predicted octanol–water partition coefficient (Wildman–Crippen LogP) is 5.87. The van der Waals surface area contributed by atoms with E-state index in [9.17, 15) is 4.79 Å². The maximum Gasteiger partial charge on any atom is 0.332 e. The Labute approximate surface area is 209 Å². The van der Waals surface area contributed by atoms with Gasteiger partial charge in [0.2, 0.25) is 0 Å². The van der Waals surface area contributed by atoms with Crippen LogP contribution in [-0.4, -0.2) is 32.4 Å². The first-order valence-corrected chi connectivity index (χ1v) is 12.6. The summed E-state index contributed by atoms with van der Waals surface area (Å²) in [5.41, 5.74) is 4.90. The molecule has 176 valence electrons. The van der Waals surface area contributed by atoms with E-state index in [-0.39, 0.29) is 5.69 Å². The van der Waals surface area contributed by atoms with Gasteiger partial charge in [-0.15, -0.1) is 0 Å². The number of rotatable bonds is 5. The second kappa shape index (κ2) is 9.33. The van der Waals surface area contributed by atoms with Gasteiger partial charge in [0.25, 0.3) is 0 Å². The third kappa shape index (κ3) is 4.26. The number of likely N-dealkylation sites (tertiary alicyclic amines) is 1. The highest BCUT2D eigenvalue weighted by atomic mass is 35.5. The number of hydrogen-bond donors (Lipinski definition) is 1. The number of nitrogens with zero attached hydrogens (tertiary/aromatic N) is 3. The van der Waals surface area contributed by atoms with Crippen molar-refractivity contribution >= 4 is 28.2 Å². The van der Waals surface area contributed by atoms with E-state index >= 15 is 0 Å². The van der Waals surface area contributed by atoms with E-state index in [1.54, 1.807) is 10.5 Å². The fraction of sp³-hybridized carbons (Fsp3) is 0.241. The lowest BCUT2D eigenvalue weighted by atomic mass is 9.76. The first kappa shape index (κ1) is 22.1. The molecule has 1 fully saturated rings. The van der Waals surface area contributed by atoms with Gasteiger partial charge in [0.1, 0.15) is 0 Å². The van der Waals surface area contributed by atoms with Crippen LogP contribution in [0.1, 0.15) is 35.6 Å². The Morgan fingerprint density at radius 2 is 1.60 bits per heavy atom. The van der Waals surface area contributed by atoms with Gasteiger partial charge in [0.15, 0.2) is 5.65 Å². The first-order valence-electron chi connectivity index (χ1n) is 12.2. The summed E-state index contributed by atoms with van der Waals surface area (Å²) in [7, 11) is 0. The quantitative estimate of drug-likeness (QED) is 0.340. The number of H-pyrrole nitrogens is 1. The second-order valence-corrected chi connectivity index (χ2v) is 9.88. The van der Waals surface area contributed by atoms with E-state index in [4.69, 9.17) is 11.6 Å². The average Bonchev–Trinajstić information content (AvgIpc) is 3.31. The number of halogens is 1. The molecule has 0 aliphatic carbocycles. The number of aromatic amines is 1. The van der Waals surface area contributed by atoms with Crippen LogP contribution in [0.3, 0.4) is 0 Å². The number of nitrogens with one attached hydrogen (secondary N) is 1. The summed E-state index contributed by atoms with van der Waals surface area (Å²) in [5.74, 6) is 0.978. The maximum absolute atomic E-state index is 12.9. The summed E-state index contributed by atoms with van der Waals surface area (Å²) >= 11 is 6.11. The van der Waals surface area contributed by atoms with Gasteiger partial charge in [-0.1, -0.05) is 72.3 Å². The van der Waals surface area contributed by atoms with E-state index in [0.717, 1.165) is 37.0 Å². The van der Waals surface area contributed by atoms with E-state index in [1.807, 2.05) is 18.3 Å². The molecule has 2 aromatic heterocycles. The number of fused-ring (bicyclic) bond motifs is 3. The van der Waals surface area contributed by atoms with Crippen LogP contribution in [-0.2, 0) is 6.54 Å². The predicted molar refractivity (Wildman–Crippen MR) is 141 cm³/mol. The Morgan fingerprint density at radius 3 is 2.26 bits per heavy atom. The van der Waals surface area contributed by atoms with Gasteiger partial charge in [-0.05, 0) is 61.2 Å². The zero-order chi connectivity index (χ0) is 23.8. The molecule has 0 radical (unpaired) electrons. The minimum absolute atomic E-state index is 0.176. The summed E-state index contributed by atoms with van der Waals surface area (Å²) in [6, 6.07) is 27.3. The Hall–Kier alpha value is -3.41. The van der Waals surface area contributed by atoms with Crippen molar-refractivity contribution in [3.63, 3.8) is 0 Å². The Bertz CT molecular complexity index is 1480. The maximum atomic E-state index is 12.9. The molecule has 6 rings (SSSR count). The molecule has 0 unspecified atom stereocenters. The van der Waals surface area contributed by atoms with E-state index < -0.39 is 0 Å². The van der Waals surface area contributed by atoms with E-state index in [2.05, 4.69) is 75.5 Å². The van der Waals surface area contributed by atoms with Crippen LogP contribution in [0.5, 0.6) is 0 Å². The van der Waals surface area contributed by atoms with Crippen LogP contribution in [0, 0.1) is 5.92 Å². The summed E-state index contributed by atoms with van der Waals surface area (Å²) < 4.78 is 1.71. The Balaban J connectivity index is 1.23. The Morgan fingerprint density at radius 1 is 0.943 bits per heavy atom. The number of imidazole rings is 1. The molecule has 35 heavy (non-hydrogen) atoms. The lowest BCUT2D eigenvalue weighted by Crippen LogP contribution is -2.36. The highest BCUT2D eigenvalue weighted by Gasteiger charge is 2.29. The summed E-state index contributed by atoms with van der Waals surface area (Å²) in [5, 5.41) is 1.49. The standard InChI is InChI=1S/C29H27ClN4O/c30-23-11-12-25-26(17-23)32-29(35)34-24(18-31-28(25)34)19-33-15-13-22(14-16-33)27(20-7-3-1-4-8-20)21-9-5-2-6-10-21/h1-12,17-18,22,27H,13-16,19H2,(H,32,35). The molecule has 0 spiro atoms. The van der Waals surface area contributed by atoms with Gasteiger partial charge in [0.05, 0.1) is 17.4 Å². The minimum atomic E-state index is -0.176. The monoisotopic (exact) mass is 482 g/mol. The largest absolute Gasteiger partial charge is 0.332 e. The van der Waals surface area contributed by atoms with Crippen LogP contribution < -0.4 is 5.69 Å². The molecule has 0 amide bonds. The van der Waals surface area contributed by atoms with Gasteiger partial charge in [-0.3, -0.25) is 4.90 Å². The summed E-state index contributed by atoms with van der Waals surface area (Å²) in [6.07, 6.45) is 4.06. The van der Waals surface area contributed by atoms with Gasteiger partial charge in [0, 0.05) is 22.9 Å². The number of aromatic nitrogens is 3. The van der Waals surface area contributed by atoms with Crippen molar-refractivity contribution in [3.05, 3.63) is 117 Å². The van der Waals surface area contributed by atoms with Crippen molar-refractivity contribution in [1.82, 2.24) is 19.3 Å². The molecule has 5 aromatic rings. The molecule has 1 saturated heterocycles. The first-order chi connectivity index (χ1) is 17.2. The van der Waals surface area contributed by atoms with Crippen LogP contribution >= 0.6 is 11.6 Å². The molecular weight excluding hydrogens is 456 g/mol. The molecule has 0 bridgehead atoms. The molecule has 3 heterocycles. The van der Waals surface area contributed by atoms with Crippen molar-refractivity contribution in [2.24, 2.45) is 5.92 Å². The van der Waals surface area contributed by atoms with Crippen LogP contribution in [0.2, 0.25) is 5.02 Å². The number of hydrogen-bond acceptors (Lipinski definition) is 3. The second-order valence-electron chi connectivity index (χ2n) is 9.44. The fourth-order valence-corrected chi connectivity index (χ4v) is 5.80. The van der Waals surface area contributed by atoms with Crippen LogP contribution in [0.15, 0.2) is 89.9 Å². The molecule has 1 aliphatic rings. The Kier molecular flexibility index (Phi) is 5.88. The average molecular weight is 483 g/mol. The lowest BCUT2D eigenvalue weighted by Gasteiger charge is -2.36. The fourth-order valence-electron chi connectivity index (χ4n) is 5.63. The highest BCUT2D eigenvalue weighted by Crippen LogP contribution is 2.38. The molecule has 0 saturated carbocycles. The highest BCUT2D eigenvalue weighted by molar-refractivity contribution is 6.31. The van der Waals surface area contributed by atoms with Crippen molar-refractivity contribution < 1.29 is 0 Å². The van der Waals surface area contributed by atoms with Crippen molar-refractivity contribution in [2.75, 3.05) is 13.1 Å². The third-order valence-electron chi connectivity index (χ3n) is 7.31. The van der Waals surface area contributed by atoms with E-state index in [0.29, 0.717) is 34.6 Å². The lowest BCUT2D eigenvalue weighted by molar-refractivity contribution is 0.166. The minimum Gasteiger partial charge on any atom is -0.306 e. The molecule has 5 nitrogen and oxygen atoms in total. The normalized spacial score (nSPS) is 15.4. The van der Waals surface area contributed by atoms with Crippen molar-refractivity contribution in [2.45, 2.75) is 25.3 Å².